The Hall–Kier alpha value is -1.15. The molecule has 1 saturated heterocycles. The van der Waals surface area contributed by atoms with Gasteiger partial charge in [0.1, 0.15) is 0 Å². The molecule has 1 amide bonds. The van der Waals surface area contributed by atoms with E-state index < -0.39 is 21.3 Å². The number of sulfone groups is 1. The number of hydrogen-bond donors (Lipinski definition) is 3. The minimum absolute atomic E-state index is 0.0354. The van der Waals surface area contributed by atoms with Crippen molar-refractivity contribution in [3.05, 3.63) is 0 Å². The van der Waals surface area contributed by atoms with E-state index in [1.807, 2.05) is 0 Å². The maximum absolute atomic E-state index is 12.1. The third kappa shape index (κ3) is 4.67. The molecule has 1 saturated carbocycles. The van der Waals surface area contributed by atoms with Gasteiger partial charge in [-0.05, 0) is 12.8 Å². The van der Waals surface area contributed by atoms with Crippen LogP contribution in [0.5, 0.6) is 0 Å². The van der Waals surface area contributed by atoms with E-state index in [1.165, 1.54) is 0 Å². The fourth-order valence-corrected chi connectivity index (χ4v) is 4.70. The van der Waals surface area contributed by atoms with E-state index >= 15 is 0 Å². The van der Waals surface area contributed by atoms with Crippen molar-refractivity contribution in [1.29, 1.82) is 0 Å². The maximum atomic E-state index is 12.1. The predicted molar refractivity (Wildman–Crippen MR) is 76.7 cm³/mol. The lowest BCUT2D eigenvalue weighted by Crippen LogP contribution is -2.52. The molecule has 21 heavy (non-hydrogen) atoms. The van der Waals surface area contributed by atoms with E-state index in [1.54, 1.807) is 0 Å². The van der Waals surface area contributed by atoms with Crippen LogP contribution in [0.1, 0.15) is 38.5 Å². The van der Waals surface area contributed by atoms with Crippen LogP contribution in [-0.4, -0.2) is 55.0 Å². The Morgan fingerprint density at radius 1 is 1.29 bits per heavy atom. The molecule has 0 bridgehead atoms. The van der Waals surface area contributed by atoms with Crippen LogP contribution in [0.25, 0.3) is 0 Å². The average molecular weight is 318 g/mol. The summed E-state index contributed by atoms with van der Waals surface area (Å²) in [6, 6.07) is -0.382. The van der Waals surface area contributed by atoms with Gasteiger partial charge in [0.05, 0.1) is 23.5 Å². The van der Waals surface area contributed by atoms with Crippen molar-refractivity contribution in [2.75, 3.05) is 18.1 Å². The van der Waals surface area contributed by atoms with Crippen molar-refractivity contribution in [2.24, 2.45) is 0 Å². The zero-order valence-corrected chi connectivity index (χ0v) is 12.7. The highest BCUT2D eigenvalue weighted by Gasteiger charge is 2.38. The lowest BCUT2D eigenvalue weighted by molar-refractivity contribution is -0.139. The summed E-state index contributed by atoms with van der Waals surface area (Å²) in [4.78, 5) is 23.1. The molecule has 120 valence electrons. The highest BCUT2D eigenvalue weighted by molar-refractivity contribution is 7.91. The maximum Gasteiger partial charge on any atom is 0.305 e. The molecular formula is C13H22N2O5S. The van der Waals surface area contributed by atoms with Crippen molar-refractivity contribution in [1.82, 2.24) is 10.6 Å². The smallest absolute Gasteiger partial charge is 0.305 e. The van der Waals surface area contributed by atoms with Crippen LogP contribution in [-0.2, 0) is 19.4 Å². The van der Waals surface area contributed by atoms with Crippen molar-refractivity contribution < 1.29 is 23.1 Å². The Labute approximate surface area is 124 Å². The van der Waals surface area contributed by atoms with Crippen LogP contribution in [0.2, 0.25) is 0 Å². The molecule has 0 radical (unpaired) electrons. The van der Waals surface area contributed by atoms with Crippen molar-refractivity contribution in [3.63, 3.8) is 0 Å². The first kappa shape index (κ1) is 16.2. The summed E-state index contributed by atoms with van der Waals surface area (Å²) in [5, 5.41) is 14.9. The fourth-order valence-electron chi connectivity index (χ4n) is 3.26. The van der Waals surface area contributed by atoms with Gasteiger partial charge in [0.15, 0.2) is 9.84 Å². The van der Waals surface area contributed by atoms with E-state index in [0.717, 1.165) is 12.8 Å². The second-order valence-corrected chi connectivity index (χ2v) is 8.30. The number of amides is 1. The molecular weight excluding hydrogens is 296 g/mol. The highest BCUT2D eigenvalue weighted by Crippen LogP contribution is 2.32. The van der Waals surface area contributed by atoms with Gasteiger partial charge in [0.2, 0.25) is 5.91 Å². The monoisotopic (exact) mass is 318 g/mol. The summed E-state index contributed by atoms with van der Waals surface area (Å²) >= 11 is 0. The summed E-state index contributed by atoms with van der Waals surface area (Å²) in [7, 11) is -3.08. The predicted octanol–water partition coefficient (Wildman–Crippen LogP) is -0.333. The summed E-state index contributed by atoms with van der Waals surface area (Å²) < 4.78 is 23.1. The number of carboxylic acids is 1. The topological polar surface area (TPSA) is 113 Å². The molecule has 8 heteroatoms. The van der Waals surface area contributed by atoms with E-state index in [2.05, 4.69) is 10.6 Å². The van der Waals surface area contributed by atoms with Gasteiger partial charge in [-0.2, -0.15) is 0 Å². The average Bonchev–Trinajstić information content (AvgIpc) is 2.74. The Bertz CT molecular complexity index is 511. The van der Waals surface area contributed by atoms with Crippen LogP contribution in [0.15, 0.2) is 0 Å². The first-order valence-electron chi connectivity index (χ1n) is 7.27. The van der Waals surface area contributed by atoms with Crippen molar-refractivity contribution in [2.45, 2.75) is 50.1 Å². The number of rotatable bonds is 5. The molecule has 2 rings (SSSR count). The molecule has 7 nitrogen and oxygen atoms in total. The Balaban J connectivity index is 1.92. The number of carbonyl (C=O) groups excluding carboxylic acids is 1. The van der Waals surface area contributed by atoms with Crippen LogP contribution >= 0.6 is 0 Å². The highest BCUT2D eigenvalue weighted by atomic mass is 32.2. The summed E-state index contributed by atoms with van der Waals surface area (Å²) in [5.41, 5.74) is -0.656. The number of hydrogen-bond acceptors (Lipinski definition) is 5. The summed E-state index contributed by atoms with van der Waals surface area (Å²) in [5.74, 6) is -1.12. The number of nitrogens with one attached hydrogen (secondary N) is 2. The van der Waals surface area contributed by atoms with Gasteiger partial charge < -0.3 is 15.7 Å². The molecule has 1 aliphatic carbocycles. The molecule has 0 spiro atoms. The number of carbonyl (C=O) groups is 2. The third-order valence-corrected chi connectivity index (χ3v) is 5.92. The molecule has 0 aromatic heterocycles. The quantitative estimate of drug-likeness (QED) is 0.639. The zero-order valence-electron chi connectivity index (χ0n) is 11.9. The van der Waals surface area contributed by atoms with Gasteiger partial charge in [-0.25, -0.2) is 8.42 Å². The van der Waals surface area contributed by atoms with Crippen LogP contribution in [0, 0.1) is 0 Å². The van der Waals surface area contributed by atoms with Crippen LogP contribution in [0.4, 0.5) is 0 Å². The van der Waals surface area contributed by atoms with Gasteiger partial charge in [-0.15, -0.1) is 0 Å². The fraction of sp³-hybridized carbons (Fsp3) is 0.846. The SMILES string of the molecule is O=C(O)CC1(NC(=O)CC2CS(=O)(=O)CCN2)CCCC1. The Morgan fingerprint density at radius 2 is 1.95 bits per heavy atom. The second-order valence-electron chi connectivity index (χ2n) is 6.08. The summed E-state index contributed by atoms with van der Waals surface area (Å²) in [6.45, 7) is 0.362. The van der Waals surface area contributed by atoms with Crippen LogP contribution < -0.4 is 10.6 Å². The minimum Gasteiger partial charge on any atom is -0.481 e. The number of carboxylic acid groups (broad SMARTS) is 1. The van der Waals surface area contributed by atoms with E-state index in [-0.39, 0.29) is 36.3 Å². The Morgan fingerprint density at radius 3 is 2.52 bits per heavy atom. The van der Waals surface area contributed by atoms with Gasteiger partial charge in [0, 0.05) is 19.0 Å². The molecule has 2 aliphatic rings. The van der Waals surface area contributed by atoms with Crippen molar-refractivity contribution in [3.8, 4) is 0 Å². The molecule has 1 heterocycles. The lowest BCUT2D eigenvalue weighted by atomic mass is 9.93. The standard InChI is InChI=1S/C13H22N2O5S/c16-11(7-10-9-21(19,20)6-5-14-10)15-13(8-12(17)18)3-1-2-4-13/h10,14H,1-9H2,(H,15,16)(H,17,18). The summed E-state index contributed by atoms with van der Waals surface area (Å²) in [6.07, 6.45) is 3.14. The largest absolute Gasteiger partial charge is 0.481 e. The molecule has 1 unspecified atom stereocenters. The first-order valence-corrected chi connectivity index (χ1v) is 9.09. The van der Waals surface area contributed by atoms with Gasteiger partial charge >= 0.3 is 5.97 Å². The minimum atomic E-state index is -3.08. The molecule has 1 atom stereocenters. The normalized spacial score (nSPS) is 27.1. The third-order valence-electron chi connectivity index (χ3n) is 4.19. The van der Waals surface area contributed by atoms with E-state index in [0.29, 0.717) is 19.4 Å². The molecule has 3 N–H and O–H groups in total. The zero-order chi connectivity index (χ0) is 15.5. The molecule has 1 aliphatic heterocycles. The molecule has 2 fully saturated rings. The second kappa shape index (κ2) is 6.31. The first-order chi connectivity index (χ1) is 9.80. The van der Waals surface area contributed by atoms with Crippen LogP contribution in [0.3, 0.4) is 0 Å². The van der Waals surface area contributed by atoms with E-state index in [4.69, 9.17) is 5.11 Å². The van der Waals surface area contributed by atoms with Gasteiger partial charge in [0.25, 0.3) is 0 Å². The van der Waals surface area contributed by atoms with Gasteiger partial charge in [-0.3, -0.25) is 9.59 Å². The van der Waals surface area contributed by atoms with E-state index in [9.17, 15) is 18.0 Å². The lowest BCUT2D eigenvalue weighted by Gasteiger charge is -2.30. The Kier molecular flexibility index (Phi) is 4.88. The molecule has 0 aromatic rings. The molecule has 0 aromatic carbocycles. The van der Waals surface area contributed by atoms with Crippen molar-refractivity contribution >= 4 is 21.7 Å². The van der Waals surface area contributed by atoms with Gasteiger partial charge in [-0.1, -0.05) is 12.8 Å². The number of aliphatic carboxylic acids is 1.